The number of carboxylic acid groups (broad SMARTS) is 1. The highest BCUT2D eigenvalue weighted by atomic mass is 19.4. The summed E-state index contributed by atoms with van der Waals surface area (Å²) in [4.78, 5) is 12.5. The number of aromatic amines is 1. The third-order valence-electron chi connectivity index (χ3n) is 1.46. The van der Waals surface area contributed by atoms with Crippen LogP contribution in [0, 0.1) is 0 Å². The minimum Gasteiger partial charge on any atom is -0.478 e. The summed E-state index contributed by atoms with van der Waals surface area (Å²) in [6.45, 7) is 0. The van der Waals surface area contributed by atoms with E-state index in [-0.39, 0.29) is 11.8 Å². The second kappa shape index (κ2) is 3.57. The van der Waals surface area contributed by atoms with Crippen molar-refractivity contribution in [2.24, 2.45) is 0 Å². The summed E-state index contributed by atoms with van der Waals surface area (Å²) in [7, 11) is 0. The van der Waals surface area contributed by atoms with Crippen LogP contribution in [0.1, 0.15) is 5.69 Å². The normalized spacial score (nSPS) is 12.9. The Balaban J connectivity index is 3.14. The molecule has 3 nitrogen and oxygen atoms in total. The average Bonchev–Trinajstić information content (AvgIpc) is 2.49. The van der Waals surface area contributed by atoms with E-state index in [9.17, 15) is 18.0 Å². The zero-order chi connectivity index (χ0) is 10.8. The molecular weight excluding hydrogens is 199 g/mol. The van der Waals surface area contributed by atoms with Crippen LogP contribution in [0.3, 0.4) is 0 Å². The first-order valence-electron chi connectivity index (χ1n) is 3.57. The standard InChI is InChI=1S/C8H6F3NO2/c9-8(10,11)5(4-7(13)14)6-2-1-3-12-6/h1-4,12H,(H,13,14)/b5-4-. The maximum absolute atomic E-state index is 12.3. The molecule has 1 rings (SSSR count). The quantitative estimate of drug-likeness (QED) is 0.726. The van der Waals surface area contributed by atoms with Gasteiger partial charge in [-0.3, -0.25) is 0 Å². The molecule has 0 atom stereocenters. The fraction of sp³-hybridized carbons (Fsp3) is 0.125. The number of carboxylic acids is 1. The molecule has 1 aromatic heterocycles. The summed E-state index contributed by atoms with van der Waals surface area (Å²) >= 11 is 0. The Bertz CT molecular complexity index is 351. The molecule has 0 radical (unpaired) electrons. The third kappa shape index (κ3) is 2.38. The van der Waals surface area contributed by atoms with Crippen molar-refractivity contribution in [3.8, 4) is 0 Å². The summed E-state index contributed by atoms with van der Waals surface area (Å²) in [5, 5.41) is 8.26. The largest absolute Gasteiger partial charge is 0.478 e. The van der Waals surface area contributed by atoms with E-state index >= 15 is 0 Å². The molecule has 1 aromatic rings. The lowest BCUT2D eigenvalue weighted by atomic mass is 10.1. The summed E-state index contributed by atoms with van der Waals surface area (Å²) in [5.74, 6) is -1.63. The van der Waals surface area contributed by atoms with Gasteiger partial charge in [0.15, 0.2) is 0 Å². The number of aromatic nitrogens is 1. The first-order chi connectivity index (χ1) is 6.41. The molecule has 0 saturated heterocycles. The molecule has 0 bridgehead atoms. The number of rotatable bonds is 2. The van der Waals surface area contributed by atoms with Gasteiger partial charge in [-0.1, -0.05) is 0 Å². The number of aliphatic carboxylic acids is 1. The number of nitrogens with one attached hydrogen (secondary N) is 1. The molecule has 1 heterocycles. The number of alkyl halides is 3. The molecule has 0 unspecified atom stereocenters. The van der Waals surface area contributed by atoms with E-state index in [1.54, 1.807) is 0 Å². The molecule has 0 spiro atoms. The van der Waals surface area contributed by atoms with Crippen molar-refractivity contribution in [3.63, 3.8) is 0 Å². The van der Waals surface area contributed by atoms with Gasteiger partial charge < -0.3 is 10.1 Å². The Kier molecular flexibility index (Phi) is 2.64. The van der Waals surface area contributed by atoms with Gasteiger partial charge in [0, 0.05) is 12.3 Å². The van der Waals surface area contributed by atoms with Crippen molar-refractivity contribution in [1.82, 2.24) is 4.98 Å². The predicted octanol–water partition coefficient (Wildman–Crippen LogP) is 2.04. The maximum Gasteiger partial charge on any atom is 0.418 e. The van der Waals surface area contributed by atoms with E-state index in [0.29, 0.717) is 0 Å². The van der Waals surface area contributed by atoms with Gasteiger partial charge in [-0.15, -0.1) is 0 Å². The average molecular weight is 205 g/mol. The zero-order valence-corrected chi connectivity index (χ0v) is 6.80. The lowest BCUT2D eigenvalue weighted by Crippen LogP contribution is -2.12. The molecule has 2 N–H and O–H groups in total. The van der Waals surface area contributed by atoms with Gasteiger partial charge in [0.25, 0.3) is 0 Å². The van der Waals surface area contributed by atoms with Crippen LogP contribution in [0.2, 0.25) is 0 Å². The van der Waals surface area contributed by atoms with Gasteiger partial charge >= 0.3 is 12.1 Å². The minimum absolute atomic E-state index is 0.131. The number of carbonyl (C=O) groups is 1. The van der Waals surface area contributed by atoms with Gasteiger partial charge in [-0.2, -0.15) is 13.2 Å². The van der Waals surface area contributed by atoms with E-state index in [0.717, 1.165) is 6.07 Å². The van der Waals surface area contributed by atoms with E-state index in [4.69, 9.17) is 5.11 Å². The second-order valence-electron chi connectivity index (χ2n) is 2.48. The molecule has 0 aliphatic heterocycles. The van der Waals surface area contributed by atoms with Crippen molar-refractivity contribution in [3.05, 3.63) is 30.1 Å². The highest BCUT2D eigenvalue weighted by Gasteiger charge is 2.35. The molecule has 0 aliphatic rings. The smallest absolute Gasteiger partial charge is 0.418 e. The van der Waals surface area contributed by atoms with Crippen molar-refractivity contribution in [2.45, 2.75) is 6.18 Å². The van der Waals surface area contributed by atoms with Crippen LogP contribution in [0.4, 0.5) is 13.2 Å². The zero-order valence-electron chi connectivity index (χ0n) is 6.80. The van der Waals surface area contributed by atoms with Gasteiger partial charge in [-0.25, -0.2) is 4.79 Å². The van der Waals surface area contributed by atoms with Crippen LogP contribution in [-0.4, -0.2) is 22.2 Å². The number of H-pyrrole nitrogens is 1. The van der Waals surface area contributed by atoms with Gasteiger partial charge in [0.2, 0.25) is 0 Å². The first-order valence-corrected chi connectivity index (χ1v) is 3.57. The number of hydrogen-bond donors (Lipinski definition) is 2. The van der Waals surface area contributed by atoms with Crippen molar-refractivity contribution >= 4 is 11.5 Å². The summed E-state index contributed by atoms with van der Waals surface area (Å²) in [6, 6.07) is 2.51. The van der Waals surface area contributed by atoms with Crippen LogP contribution >= 0.6 is 0 Å². The third-order valence-corrected chi connectivity index (χ3v) is 1.46. The SMILES string of the molecule is O=C(O)/C=C(/c1ccc[nH]1)C(F)(F)F. The second-order valence-corrected chi connectivity index (χ2v) is 2.48. The van der Waals surface area contributed by atoms with Crippen molar-refractivity contribution in [1.29, 1.82) is 0 Å². The highest BCUT2D eigenvalue weighted by molar-refractivity contribution is 5.90. The summed E-state index contributed by atoms with van der Waals surface area (Å²) < 4.78 is 36.9. The maximum atomic E-state index is 12.3. The van der Waals surface area contributed by atoms with Crippen molar-refractivity contribution in [2.75, 3.05) is 0 Å². The highest BCUT2D eigenvalue weighted by Crippen LogP contribution is 2.32. The van der Waals surface area contributed by atoms with E-state index < -0.39 is 17.7 Å². The summed E-state index contributed by atoms with van der Waals surface area (Å²) in [5.41, 5.74) is -1.46. The number of allylic oxidation sites excluding steroid dienone is 1. The van der Waals surface area contributed by atoms with Crippen LogP contribution in [0.15, 0.2) is 24.4 Å². The predicted molar refractivity (Wildman–Crippen MR) is 42.5 cm³/mol. The molecular formula is C8H6F3NO2. The van der Waals surface area contributed by atoms with Gasteiger partial charge in [0.05, 0.1) is 11.3 Å². The lowest BCUT2D eigenvalue weighted by Gasteiger charge is -2.08. The summed E-state index contributed by atoms with van der Waals surface area (Å²) in [6.07, 6.45) is -3.26. The van der Waals surface area contributed by atoms with Gasteiger partial charge in [0.1, 0.15) is 0 Å². The molecule has 0 saturated carbocycles. The molecule has 0 aromatic carbocycles. The van der Waals surface area contributed by atoms with Crippen LogP contribution in [0.5, 0.6) is 0 Å². The van der Waals surface area contributed by atoms with Gasteiger partial charge in [-0.05, 0) is 12.1 Å². The fourth-order valence-electron chi connectivity index (χ4n) is 0.934. The minimum atomic E-state index is -4.68. The molecule has 76 valence electrons. The Morgan fingerprint density at radius 2 is 2.14 bits per heavy atom. The van der Waals surface area contributed by atoms with Crippen molar-refractivity contribution < 1.29 is 23.1 Å². The molecule has 0 amide bonds. The van der Waals surface area contributed by atoms with E-state index in [1.807, 2.05) is 0 Å². The molecule has 0 aliphatic carbocycles. The molecule has 14 heavy (non-hydrogen) atoms. The van der Waals surface area contributed by atoms with Crippen LogP contribution in [-0.2, 0) is 4.79 Å². The fourth-order valence-corrected chi connectivity index (χ4v) is 0.934. The molecule has 6 heteroatoms. The first kappa shape index (κ1) is 10.4. The lowest BCUT2D eigenvalue weighted by molar-refractivity contribution is -0.131. The Morgan fingerprint density at radius 1 is 1.50 bits per heavy atom. The van der Waals surface area contributed by atoms with Crippen LogP contribution < -0.4 is 0 Å². The van der Waals surface area contributed by atoms with Crippen LogP contribution in [0.25, 0.3) is 5.57 Å². The topological polar surface area (TPSA) is 53.1 Å². The molecule has 0 fully saturated rings. The monoisotopic (exact) mass is 205 g/mol. The number of halogens is 3. The number of hydrogen-bond acceptors (Lipinski definition) is 1. The van der Waals surface area contributed by atoms with E-state index in [1.165, 1.54) is 12.3 Å². The Labute approximate surface area is 76.9 Å². The Morgan fingerprint density at radius 3 is 2.50 bits per heavy atom. The Hall–Kier alpha value is -1.72. The van der Waals surface area contributed by atoms with E-state index in [2.05, 4.69) is 4.98 Å².